The number of nitrogens with zero attached hydrogens (tertiary/aromatic N) is 4. The number of carbonyl (C=O) groups excluding carboxylic acids is 1. The summed E-state index contributed by atoms with van der Waals surface area (Å²) in [7, 11) is 1.64. The number of likely N-dealkylation sites (tertiary alicyclic amines) is 1. The van der Waals surface area contributed by atoms with Gasteiger partial charge in [-0.25, -0.2) is 9.97 Å². The van der Waals surface area contributed by atoms with Crippen molar-refractivity contribution in [3.05, 3.63) is 72.1 Å². The highest BCUT2D eigenvalue weighted by atomic mass is 16.5. The van der Waals surface area contributed by atoms with Gasteiger partial charge in [0.2, 0.25) is 5.91 Å². The molecule has 0 saturated carbocycles. The summed E-state index contributed by atoms with van der Waals surface area (Å²) < 4.78 is 5.22. The highest BCUT2D eigenvalue weighted by Crippen LogP contribution is 2.36. The molecule has 0 spiro atoms. The van der Waals surface area contributed by atoms with Crippen molar-refractivity contribution in [2.24, 2.45) is 0 Å². The molecule has 2 aromatic heterocycles. The maximum absolute atomic E-state index is 13.3. The van der Waals surface area contributed by atoms with E-state index in [-0.39, 0.29) is 11.9 Å². The lowest BCUT2D eigenvalue weighted by Crippen LogP contribution is -2.32. The minimum absolute atomic E-state index is 0.0347. The van der Waals surface area contributed by atoms with Crippen LogP contribution in [0.3, 0.4) is 0 Å². The van der Waals surface area contributed by atoms with Crippen LogP contribution < -0.4 is 4.74 Å². The highest BCUT2D eigenvalue weighted by molar-refractivity contribution is 5.80. The number of hydrogen-bond acceptors (Lipinski definition) is 5. The van der Waals surface area contributed by atoms with Gasteiger partial charge in [-0.15, -0.1) is 0 Å². The second-order valence-corrected chi connectivity index (χ2v) is 7.84. The SMILES string of the molecule is CCCc1ncc(-c2ccncc2)c([C@@H]2CCCN2C(=O)Cc2ccc(OC)cc2)n1. The predicted octanol–water partition coefficient (Wildman–Crippen LogP) is 4.41. The lowest BCUT2D eigenvalue weighted by atomic mass is 10.00. The van der Waals surface area contributed by atoms with E-state index in [0.29, 0.717) is 6.42 Å². The van der Waals surface area contributed by atoms with Crippen molar-refractivity contribution in [3.8, 4) is 16.9 Å². The van der Waals surface area contributed by atoms with Crippen LogP contribution in [0, 0.1) is 0 Å². The van der Waals surface area contributed by atoms with Gasteiger partial charge in [0.25, 0.3) is 0 Å². The van der Waals surface area contributed by atoms with Crippen LogP contribution in [0.5, 0.6) is 5.75 Å². The third-order valence-electron chi connectivity index (χ3n) is 5.74. The Morgan fingerprint density at radius 3 is 2.65 bits per heavy atom. The van der Waals surface area contributed by atoms with Crippen molar-refractivity contribution in [2.45, 2.75) is 45.1 Å². The average Bonchev–Trinajstić information content (AvgIpc) is 3.30. The summed E-state index contributed by atoms with van der Waals surface area (Å²) in [6, 6.07) is 11.6. The number of amides is 1. The molecule has 0 N–H and O–H groups in total. The zero-order valence-electron chi connectivity index (χ0n) is 18.1. The third-order valence-corrected chi connectivity index (χ3v) is 5.74. The molecule has 6 heteroatoms. The predicted molar refractivity (Wildman–Crippen MR) is 120 cm³/mol. The maximum Gasteiger partial charge on any atom is 0.227 e. The van der Waals surface area contributed by atoms with Crippen LogP contribution in [0.25, 0.3) is 11.1 Å². The van der Waals surface area contributed by atoms with Crippen LogP contribution in [0.4, 0.5) is 0 Å². The summed E-state index contributed by atoms with van der Waals surface area (Å²) in [4.78, 5) is 28.9. The fourth-order valence-corrected chi connectivity index (χ4v) is 4.15. The molecule has 1 fully saturated rings. The number of rotatable bonds is 7. The number of aromatic nitrogens is 3. The van der Waals surface area contributed by atoms with Crippen LogP contribution >= 0.6 is 0 Å². The number of benzene rings is 1. The first-order chi connectivity index (χ1) is 15.2. The summed E-state index contributed by atoms with van der Waals surface area (Å²) in [6.45, 7) is 2.88. The molecule has 1 aromatic carbocycles. The lowest BCUT2D eigenvalue weighted by Gasteiger charge is -2.26. The van der Waals surface area contributed by atoms with Crippen molar-refractivity contribution in [1.82, 2.24) is 19.9 Å². The number of pyridine rings is 1. The molecule has 0 bridgehead atoms. The van der Waals surface area contributed by atoms with Crippen LogP contribution in [-0.2, 0) is 17.6 Å². The third kappa shape index (κ3) is 4.74. The molecule has 4 rings (SSSR count). The molecular weight excluding hydrogens is 388 g/mol. The molecule has 31 heavy (non-hydrogen) atoms. The average molecular weight is 417 g/mol. The quantitative estimate of drug-likeness (QED) is 0.571. The maximum atomic E-state index is 13.3. The van der Waals surface area contributed by atoms with Crippen molar-refractivity contribution >= 4 is 5.91 Å². The molecular formula is C25H28N4O2. The Labute approximate surface area is 183 Å². The van der Waals surface area contributed by atoms with E-state index in [9.17, 15) is 4.79 Å². The molecule has 0 aliphatic carbocycles. The molecule has 1 atom stereocenters. The summed E-state index contributed by atoms with van der Waals surface area (Å²) in [5.74, 6) is 1.76. The highest BCUT2D eigenvalue weighted by Gasteiger charge is 2.33. The Balaban J connectivity index is 1.63. The molecule has 1 aliphatic rings. The number of ether oxygens (including phenoxy) is 1. The summed E-state index contributed by atoms with van der Waals surface area (Å²) >= 11 is 0. The van der Waals surface area contributed by atoms with Crippen LogP contribution in [0.2, 0.25) is 0 Å². The molecule has 160 valence electrons. The largest absolute Gasteiger partial charge is 0.497 e. The standard InChI is InChI=1S/C25H28N4O2/c1-3-5-23-27-17-21(19-11-13-26-14-12-19)25(28-23)22-6-4-15-29(22)24(30)16-18-7-9-20(31-2)10-8-18/h7-14,17,22H,3-6,15-16H2,1-2H3/t22-/m0/s1. The van der Waals surface area contributed by atoms with Gasteiger partial charge in [-0.2, -0.15) is 0 Å². The van der Waals surface area contributed by atoms with Crippen LogP contribution in [0.15, 0.2) is 55.0 Å². The van der Waals surface area contributed by atoms with E-state index in [1.165, 1.54) is 0 Å². The van der Waals surface area contributed by atoms with Gasteiger partial charge in [0.1, 0.15) is 11.6 Å². The van der Waals surface area contributed by atoms with Crippen LogP contribution in [0.1, 0.15) is 49.3 Å². The fourth-order valence-electron chi connectivity index (χ4n) is 4.15. The normalized spacial score (nSPS) is 15.8. The minimum Gasteiger partial charge on any atom is -0.497 e. The van der Waals surface area contributed by atoms with Gasteiger partial charge < -0.3 is 9.64 Å². The van der Waals surface area contributed by atoms with E-state index in [1.807, 2.05) is 47.5 Å². The van der Waals surface area contributed by atoms with Gasteiger partial charge in [-0.3, -0.25) is 9.78 Å². The molecule has 1 amide bonds. The molecule has 6 nitrogen and oxygen atoms in total. The molecule has 0 radical (unpaired) electrons. The lowest BCUT2D eigenvalue weighted by molar-refractivity contribution is -0.131. The summed E-state index contributed by atoms with van der Waals surface area (Å²) in [5.41, 5.74) is 3.95. The van der Waals surface area contributed by atoms with Gasteiger partial charge in [0.15, 0.2) is 0 Å². The molecule has 1 aliphatic heterocycles. The zero-order chi connectivity index (χ0) is 21.6. The number of carbonyl (C=O) groups is 1. The van der Waals surface area contributed by atoms with Crippen molar-refractivity contribution in [2.75, 3.05) is 13.7 Å². The van der Waals surface area contributed by atoms with E-state index >= 15 is 0 Å². The van der Waals surface area contributed by atoms with E-state index in [0.717, 1.165) is 66.2 Å². The molecule has 3 heterocycles. The Morgan fingerprint density at radius 2 is 1.94 bits per heavy atom. The van der Waals surface area contributed by atoms with E-state index in [4.69, 9.17) is 9.72 Å². The van der Waals surface area contributed by atoms with Gasteiger partial charge in [-0.05, 0) is 54.7 Å². The number of hydrogen-bond donors (Lipinski definition) is 0. The number of methoxy groups -OCH3 is 1. The van der Waals surface area contributed by atoms with Crippen molar-refractivity contribution in [1.29, 1.82) is 0 Å². The molecule has 0 unspecified atom stereocenters. The Hall–Kier alpha value is -3.28. The van der Waals surface area contributed by atoms with E-state index in [1.54, 1.807) is 19.5 Å². The smallest absolute Gasteiger partial charge is 0.227 e. The monoisotopic (exact) mass is 416 g/mol. The van der Waals surface area contributed by atoms with Crippen molar-refractivity contribution < 1.29 is 9.53 Å². The Kier molecular flexibility index (Phi) is 6.55. The first-order valence-corrected chi connectivity index (χ1v) is 10.9. The minimum atomic E-state index is -0.0347. The first kappa shape index (κ1) is 21.0. The Morgan fingerprint density at radius 1 is 1.16 bits per heavy atom. The van der Waals surface area contributed by atoms with Gasteiger partial charge in [0, 0.05) is 37.1 Å². The van der Waals surface area contributed by atoms with E-state index in [2.05, 4.69) is 16.9 Å². The second-order valence-electron chi connectivity index (χ2n) is 7.84. The zero-order valence-corrected chi connectivity index (χ0v) is 18.1. The molecule has 3 aromatic rings. The van der Waals surface area contributed by atoms with Crippen LogP contribution in [-0.4, -0.2) is 39.4 Å². The van der Waals surface area contributed by atoms with E-state index < -0.39 is 0 Å². The summed E-state index contributed by atoms with van der Waals surface area (Å²) in [6.07, 6.45) is 9.54. The topological polar surface area (TPSA) is 68.2 Å². The van der Waals surface area contributed by atoms with Crippen molar-refractivity contribution in [3.63, 3.8) is 0 Å². The second kappa shape index (κ2) is 9.69. The van der Waals surface area contributed by atoms with Gasteiger partial charge in [0.05, 0.1) is 25.3 Å². The Bertz CT molecular complexity index is 1020. The number of aryl methyl sites for hydroxylation is 1. The first-order valence-electron chi connectivity index (χ1n) is 10.9. The van der Waals surface area contributed by atoms with Gasteiger partial charge in [-0.1, -0.05) is 19.1 Å². The summed E-state index contributed by atoms with van der Waals surface area (Å²) in [5, 5.41) is 0. The fraction of sp³-hybridized carbons (Fsp3) is 0.360. The molecule has 1 saturated heterocycles. The van der Waals surface area contributed by atoms with Gasteiger partial charge >= 0.3 is 0 Å².